The second-order valence-corrected chi connectivity index (χ2v) is 5.74. The van der Waals surface area contributed by atoms with Crippen LogP contribution in [0.15, 0.2) is 42.5 Å². The lowest BCUT2D eigenvalue weighted by atomic mass is 10.0. The van der Waals surface area contributed by atoms with Crippen molar-refractivity contribution in [2.45, 2.75) is 6.92 Å². The van der Waals surface area contributed by atoms with E-state index in [9.17, 15) is 0 Å². The van der Waals surface area contributed by atoms with Gasteiger partial charge in [0.2, 0.25) is 0 Å². The SMILES string of the molecule is Cc1cccc(I)c1-c1ccccc1I. The summed E-state index contributed by atoms with van der Waals surface area (Å²) in [5.74, 6) is 0. The highest BCUT2D eigenvalue weighted by Gasteiger charge is 2.08. The number of benzene rings is 2. The van der Waals surface area contributed by atoms with Crippen molar-refractivity contribution in [3.05, 3.63) is 55.2 Å². The Morgan fingerprint density at radius 2 is 1.47 bits per heavy atom. The van der Waals surface area contributed by atoms with Gasteiger partial charge >= 0.3 is 0 Å². The molecule has 0 bridgehead atoms. The van der Waals surface area contributed by atoms with Gasteiger partial charge in [0, 0.05) is 7.14 Å². The molecule has 0 fully saturated rings. The van der Waals surface area contributed by atoms with Crippen molar-refractivity contribution < 1.29 is 0 Å². The molecular weight excluding hydrogens is 410 g/mol. The maximum Gasteiger partial charge on any atom is 0.0211 e. The van der Waals surface area contributed by atoms with Crippen LogP contribution in [-0.4, -0.2) is 0 Å². The van der Waals surface area contributed by atoms with Crippen molar-refractivity contribution in [3.63, 3.8) is 0 Å². The largest absolute Gasteiger partial charge is 0.0616 e. The van der Waals surface area contributed by atoms with Crippen LogP contribution in [0.1, 0.15) is 5.56 Å². The third-order valence-electron chi connectivity index (χ3n) is 2.37. The van der Waals surface area contributed by atoms with Gasteiger partial charge in [-0.2, -0.15) is 0 Å². The van der Waals surface area contributed by atoms with E-state index in [0.717, 1.165) is 0 Å². The predicted molar refractivity (Wildman–Crippen MR) is 82.0 cm³/mol. The minimum absolute atomic E-state index is 1.31. The lowest BCUT2D eigenvalue weighted by Crippen LogP contribution is -1.89. The molecule has 0 aromatic heterocycles. The first-order valence-electron chi connectivity index (χ1n) is 4.70. The third-order valence-corrected chi connectivity index (χ3v) is 4.20. The molecule has 0 heterocycles. The molecule has 0 spiro atoms. The Kier molecular flexibility index (Phi) is 3.66. The summed E-state index contributed by atoms with van der Waals surface area (Å²) in [5, 5.41) is 0. The smallest absolute Gasteiger partial charge is 0.0211 e. The highest BCUT2D eigenvalue weighted by Crippen LogP contribution is 2.31. The molecule has 0 atom stereocenters. The quantitative estimate of drug-likeness (QED) is 0.578. The van der Waals surface area contributed by atoms with Gasteiger partial charge in [-0.1, -0.05) is 30.3 Å². The molecule has 76 valence electrons. The molecule has 0 saturated heterocycles. The predicted octanol–water partition coefficient (Wildman–Crippen LogP) is 4.87. The van der Waals surface area contributed by atoms with Crippen LogP contribution in [0.25, 0.3) is 11.1 Å². The summed E-state index contributed by atoms with van der Waals surface area (Å²) in [6.07, 6.45) is 0. The van der Waals surface area contributed by atoms with Crippen molar-refractivity contribution in [1.29, 1.82) is 0 Å². The zero-order chi connectivity index (χ0) is 10.8. The Hall–Kier alpha value is -0.100. The van der Waals surface area contributed by atoms with E-state index in [1.165, 1.54) is 23.8 Å². The van der Waals surface area contributed by atoms with Gasteiger partial charge in [-0.25, -0.2) is 0 Å². The van der Waals surface area contributed by atoms with Crippen LogP contribution in [0.2, 0.25) is 0 Å². The Morgan fingerprint density at radius 3 is 2.13 bits per heavy atom. The summed E-state index contributed by atoms with van der Waals surface area (Å²) in [6.45, 7) is 2.17. The number of rotatable bonds is 1. The summed E-state index contributed by atoms with van der Waals surface area (Å²) >= 11 is 4.80. The van der Waals surface area contributed by atoms with E-state index in [2.05, 4.69) is 94.6 Å². The van der Waals surface area contributed by atoms with Gasteiger partial charge in [0.15, 0.2) is 0 Å². The van der Waals surface area contributed by atoms with Gasteiger partial charge in [-0.15, -0.1) is 0 Å². The fraction of sp³-hybridized carbons (Fsp3) is 0.0769. The molecule has 0 amide bonds. The molecule has 0 unspecified atom stereocenters. The van der Waals surface area contributed by atoms with Crippen LogP contribution in [0.3, 0.4) is 0 Å². The molecule has 0 saturated carbocycles. The van der Waals surface area contributed by atoms with E-state index >= 15 is 0 Å². The lowest BCUT2D eigenvalue weighted by molar-refractivity contribution is 1.43. The summed E-state index contributed by atoms with van der Waals surface area (Å²) < 4.78 is 2.62. The molecule has 15 heavy (non-hydrogen) atoms. The van der Waals surface area contributed by atoms with E-state index in [1.807, 2.05) is 0 Å². The van der Waals surface area contributed by atoms with Gasteiger partial charge < -0.3 is 0 Å². The van der Waals surface area contributed by atoms with E-state index in [4.69, 9.17) is 0 Å². The zero-order valence-electron chi connectivity index (χ0n) is 8.30. The second-order valence-electron chi connectivity index (χ2n) is 3.41. The molecule has 0 aliphatic carbocycles. The van der Waals surface area contributed by atoms with Crippen LogP contribution in [0.4, 0.5) is 0 Å². The van der Waals surface area contributed by atoms with Crippen LogP contribution < -0.4 is 0 Å². The van der Waals surface area contributed by atoms with Crippen LogP contribution in [0.5, 0.6) is 0 Å². The maximum atomic E-state index is 2.40. The van der Waals surface area contributed by atoms with E-state index in [0.29, 0.717) is 0 Å². The fourth-order valence-electron chi connectivity index (χ4n) is 1.64. The van der Waals surface area contributed by atoms with Gasteiger partial charge in [-0.3, -0.25) is 0 Å². The molecule has 2 aromatic rings. The minimum Gasteiger partial charge on any atom is -0.0616 e. The number of hydrogen-bond donors (Lipinski definition) is 0. The third kappa shape index (κ3) is 2.36. The van der Waals surface area contributed by atoms with Crippen molar-refractivity contribution in [2.24, 2.45) is 0 Å². The maximum absolute atomic E-state index is 2.40. The summed E-state index contributed by atoms with van der Waals surface area (Å²) in [6, 6.07) is 14.9. The van der Waals surface area contributed by atoms with E-state index < -0.39 is 0 Å². The van der Waals surface area contributed by atoms with Crippen LogP contribution >= 0.6 is 45.2 Å². The zero-order valence-corrected chi connectivity index (χ0v) is 12.6. The Morgan fingerprint density at radius 1 is 0.800 bits per heavy atom. The minimum atomic E-state index is 1.31. The summed E-state index contributed by atoms with van der Waals surface area (Å²) in [7, 11) is 0. The fourth-order valence-corrected chi connectivity index (χ4v) is 3.22. The molecule has 0 aliphatic heterocycles. The van der Waals surface area contributed by atoms with Gasteiger partial charge in [0.05, 0.1) is 0 Å². The molecule has 0 nitrogen and oxygen atoms in total. The highest BCUT2D eigenvalue weighted by atomic mass is 127. The molecule has 0 aliphatic rings. The number of halogens is 2. The van der Waals surface area contributed by atoms with Crippen molar-refractivity contribution in [3.8, 4) is 11.1 Å². The van der Waals surface area contributed by atoms with E-state index in [-0.39, 0.29) is 0 Å². The Bertz CT molecular complexity index is 469. The first-order chi connectivity index (χ1) is 7.20. The monoisotopic (exact) mass is 420 g/mol. The van der Waals surface area contributed by atoms with Crippen molar-refractivity contribution in [1.82, 2.24) is 0 Å². The second kappa shape index (κ2) is 4.82. The average Bonchev–Trinajstić information content (AvgIpc) is 2.20. The molecule has 2 heteroatoms. The topological polar surface area (TPSA) is 0 Å². The van der Waals surface area contributed by atoms with Gasteiger partial charge in [-0.05, 0) is 80.9 Å². The first-order valence-corrected chi connectivity index (χ1v) is 6.86. The van der Waals surface area contributed by atoms with E-state index in [1.54, 1.807) is 0 Å². The van der Waals surface area contributed by atoms with Crippen molar-refractivity contribution in [2.75, 3.05) is 0 Å². The van der Waals surface area contributed by atoms with Gasteiger partial charge in [0.25, 0.3) is 0 Å². The van der Waals surface area contributed by atoms with Crippen LogP contribution in [-0.2, 0) is 0 Å². The Labute approximate surface area is 117 Å². The molecule has 0 radical (unpaired) electrons. The standard InChI is InChI=1S/C13H10I2/c1-9-5-4-8-12(15)13(9)10-6-2-3-7-11(10)14/h2-8H,1H3. The summed E-state index contributed by atoms with van der Waals surface area (Å²) in [4.78, 5) is 0. The normalized spacial score (nSPS) is 10.3. The van der Waals surface area contributed by atoms with Gasteiger partial charge in [0.1, 0.15) is 0 Å². The number of aryl methyl sites for hydroxylation is 1. The number of hydrogen-bond acceptors (Lipinski definition) is 0. The molecule has 2 aromatic carbocycles. The molecule has 0 N–H and O–H groups in total. The van der Waals surface area contributed by atoms with Crippen LogP contribution in [0, 0.1) is 14.1 Å². The molecule has 2 rings (SSSR count). The van der Waals surface area contributed by atoms with Crippen molar-refractivity contribution >= 4 is 45.2 Å². The summed E-state index contributed by atoms with van der Waals surface area (Å²) in [5.41, 5.74) is 4.04. The molecular formula is C13H10I2. The highest BCUT2D eigenvalue weighted by molar-refractivity contribution is 14.1. The lowest BCUT2D eigenvalue weighted by Gasteiger charge is -2.10. The first kappa shape index (κ1) is 11.4. The Balaban J connectivity index is 2.69. The average molecular weight is 420 g/mol.